The van der Waals surface area contributed by atoms with Gasteiger partial charge in [0, 0.05) is 20.1 Å². The molecule has 2 aromatic rings. The predicted molar refractivity (Wildman–Crippen MR) is 131 cm³/mol. The molecule has 0 aromatic heterocycles. The van der Waals surface area contributed by atoms with E-state index in [0.29, 0.717) is 31.3 Å². The van der Waals surface area contributed by atoms with Gasteiger partial charge in [0.2, 0.25) is 0 Å². The van der Waals surface area contributed by atoms with Gasteiger partial charge >= 0.3 is 0 Å². The summed E-state index contributed by atoms with van der Waals surface area (Å²) < 4.78 is 24.8. The Balaban J connectivity index is 0.00000480. The lowest BCUT2D eigenvalue weighted by atomic mass is 10.2. The summed E-state index contributed by atoms with van der Waals surface area (Å²) in [6, 6.07) is 13.8. The fourth-order valence-corrected chi connectivity index (χ4v) is 2.59. The molecule has 0 spiro atoms. The molecule has 9 heteroatoms. The molecule has 7 nitrogen and oxygen atoms in total. The topological polar surface area (TPSA) is 84.0 Å². The van der Waals surface area contributed by atoms with Gasteiger partial charge in [-0.05, 0) is 43.7 Å². The summed E-state index contributed by atoms with van der Waals surface area (Å²) in [5.41, 5.74) is 0.974. The Morgan fingerprint density at radius 3 is 2.61 bits per heavy atom. The van der Waals surface area contributed by atoms with E-state index in [-0.39, 0.29) is 54.2 Å². The molecule has 0 aliphatic rings. The molecule has 0 aliphatic heterocycles. The number of carbonyl (C=O) groups excluding carboxylic acids is 1. The highest BCUT2D eigenvalue weighted by Gasteiger charge is 2.09. The first-order valence-corrected chi connectivity index (χ1v) is 9.86. The van der Waals surface area contributed by atoms with Crippen molar-refractivity contribution in [1.29, 1.82) is 0 Å². The summed E-state index contributed by atoms with van der Waals surface area (Å²) >= 11 is 0. The van der Waals surface area contributed by atoms with Gasteiger partial charge in [0.05, 0.1) is 6.54 Å². The molecular weight excluding hydrogens is 514 g/mol. The quantitative estimate of drug-likeness (QED) is 0.243. The van der Waals surface area contributed by atoms with Crippen molar-refractivity contribution < 1.29 is 18.7 Å². The zero-order valence-electron chi connectivity index (χ0n) is 18.0. The smallest absolute Gasteiger partial charge is 0.257 e. The van der Waals surface area contributed by atoms with Gasteiger partial charge in [-0.2, -0.15) is 0 Å². The second-order valence-electron chi connectivity index (χ2n) is 6.56. The van der Waals surface area contributed by atoms with Crippen molar-refractivity contribution in [3.63, 3.8) is 0 Å². The summed E-state index contributed by atoms with van der Waals surface area (Å²) in [7, 11) is 1.67. The Kier molecular flexibility index (Phi) is 12.3. The number of amides is 1. The highest BCUT2D eigenvalue weighted by Crippen LogP contribution is 2.16. The lowest BCUT2D eigenvalue weighted by Crippen LogP contribution is -2.41. The van der Waals surface area contributed by atoms with Crippen LogP contribution in [-0.4, -0.2) is 44.7 Å². The Morgan fingerprint density at radius 1 is 1.13 bits per heavy atom. The zero-order chi connectivity index (χ0) is 21.8. The normalized spacial score (nSPS) is 11.7. The minimum atomic E-state index is -0.388. The van der Waals surface area contributed by atoms with Crippen molar-refractivity contribution in [3.8, 4) is 11.5 Å². The second kappa shape index (κ2) is 14.4. The lowest BCUT2D eigenvalue weighted by Gasteiger charge is -2.18. The van der Waals surface area contributed by atoms with E-state index in [0.717, 1.165) is 5.56 Å². The number of nitrogens with zero attached hydrogens (tertiary/aromatic N) is 1. The minimum Gasteiger partial charge on any atom is -0.486 e. The van der Waals surface area contributed by atoms with Crippen molar-refractivity contribution in [2.45, 2.75) is 26.5 Å². The SMILES string of the molecule is CCNC(=O)COc1cccc(CNC(=NC)NCC(C)Oc2ccccc2F)c1.I. The summed E-state index contributed by atoms with van der Waals surface area (Å²) in [6.45, 7) is 5.22. The van der Waals surface area contributed by atoms with Crippen molar-refractivity contribution >= 4 is 35.8 Å². The van der Waals surface area contributed by atoms with Gasteiger partial charge in [-0.1, -0.05) is 24.3 Å². The van der Waals surface area contributed by atoms with Crippen LogP contribution in [0.3, 0.4) is 0 Å². The monoisotopic (exact) mass is 544 g/mol. The van der Waals surface area contributed by atoms with Crippen LogP contribution in [0.25, 0.3) is 0 Å². The molecule has 0 aliphatic carbocycles. The van der Waals surface area contributed by atoms with Crippen molar-refractivity contribution in [1.82, 2.24) is 16.0 Å². The number of rotatable bonds is 10. The number of hydrogen-bond donors (Lipinski definition) is 3. The number of para-hydroxylation sites is 1. The number of ether oxygens (including phenoxy) is 2. The average Bonchev–Trinajstić information content (AvgIpc) is 2.74. The van der Waals surface area contributed by atoms with E-state index in [9.17, 15) is 9.18 Å². The highest BCUT2D eigenvalue weighted by atomic mass is 127. The number of nitrogens with one attached hydrogen (secondary N) is 3. The summed E-state index contributed by atoms with van der Waals surface area (Å²) in [4.78, 5) is 15.7. The molecule has 3 N–H and O–H groups in total. The highest BCUT2D eigenvalue weighted by molar-refractivity contribution is 14.0. The van der Waals surface area contributed by atoms with Crippen LogP contribution in [-0.2, 0) is 11.3 Å². The molecule has 0 fully saturated rings. The zero-order valence-corrected chi connectivity index (χ0v) is 20.3. The molecule has 2 rings (SSSR count). The Morgan fingerprint density at radius 2 is 1.90 bits per heavy atom. The Labute approximate surface area is 199 Å². The van der Waals surface area contributed by atoms with Gasteiger partial charge < -0.3 is 25.4 Å². The molecule has 1 amide bonds. The van der Waals surface area contributed by atoms with E-state index in [1.54, 1.807) is 31.3 Å². The molecule has 0 saturated carbocycles. The molecule has 2 aromatic carbocycles. The largest absolute Gasteiger partial charge is 0.486 e. The number of hydrogen-bond acceptors (Lipinski definition) is 4. The van der Waals surface area contributed by atoms with Gasteiger partial charge in [-0.25, -0.2) is 4.39 Å². The van der Waals surface area contributed by atoms with Crippen LogP contribution in [0.1, 0.15) is 19.4 Å². The van der Waals surface area contributed by atoms with Crippen LogP contribution in [0, 0.1) is 5.82 Å². The Hall–Kier alpha value is -2.56. The van der Waals surface area contributed by atoms with Gasteiger partial charge in [0.25, 0.3) is 5.91 Å². The molecule has 0 heterocycles. The van der Waals surface area contributed by atoms with Crippen molar-refractivity contribution in [2.75, 3.05) is 26.7 Å². The van der Waals surface area contributed by atoms with E-state index < -0.39 is 0 Å². The standard InChI is InChI=1S/C22H29FN4O3.HI/c1-4-25-21(28)15-29-18-9-7-8-17(12-18)14-27-22(24-3)26-13-16(2)30-20-11-6-5-10-19(20)23;/h5-12,16H,4,13-15H2,1-3H3,(H,25,28)(H2,24,26,27);1H. The second-order valence-corrected chi connectivity index (χ2v) is 6.56. The van der Waals surface area contributed by atoms with Crippen LogP contribution >= 0.6 is 24.0 Å². The number of carbonyl (C=O) groups is 1. The fourth-order valence-electron chi connectivity index (χ4n) is 2.59. The summed E-state index contributed by atoms with van der Waals surface area (Å²) in [5.74, 6) is 0.890. The summed E-state index contributed by atoms with van der Waals surface area (Å²) in [5, 5.41) is 9.05. The maximum atomic E-state index is 13.7. The molecule has 1 unspecified atom stereocenters. The maximum Gasteiger partial charge on any atom is 0.257 e. The Bertz CT molecular complexity index is 851. The first-order chi connectivity index (χ1) is 14.5. The molecule has 0 bridgehead atoms. The van der Waals surface area contributed by atoms with Crippen LogP contribution in [0.15, 0.2) is 53.5 Å². The van der Waals surface area contributed by atoms with Crippen LogP contribution in [0.4, 0.5) is 4.39 Å². The minimum absolute atomic E-state index is 0. The van der Waals surface area contributed by atoms with Gasteiger partial charge in [-0.3, -0.25) is 9.79 Å². The molecule has 1 atom stereocenters. The van der Waals surface area contributed by atoms with Crippen LogP contribution in [0.2, 0.25) is 0 Å². The molecular formula is C22H30FIN4O3. The van der Waals surface area contributed by atoms with Gasteiger partial charge in [0.15, 0.2) is 24.1 Å². The van der Waals surface area contributed by atoms with Crippen molar-refractivity contribution in [2.24, 2.45) is 4.99 Å². The van der Waals surface area contributed by atoms with Crippen LogP contribution in [0.5, 0.6) is 11.5 Å². The van der Waals surface area contributed by atoms with E-state index in [1.807, 2.05) is 32.0 Å². The van der Waals surface area contributed by atoms with E-state index in [4.69, 9.17) is 9.47 Å². The van der Waals surface area contributed by atoms with Gasteiger partial charge in [0.1, 0.15) is 11.9 Å². The van der Waals surface area contributed by atoms with Gasteiger partial charge in [-0.15, -0.1) is 24.0 Å². The van der Waals surface area contributed by atoms with E-state index in [1.165, 1.54) is 6.07 Å². The molecule has 0 saturated heterocycles. The third kappa shape index (κ3) is 9.86. The van der Waals surface area contributed by atoms with E-state index in [2.05, 4.69) is 20.9 Å². The number of likely N-dealkylation sites (N-methyl/N-ethyl adjacent to an activating group) is 1. The van der Waals surface area contributed by atoms with Crippen LogP contribution < -0.4 is 25.4 Å². The molecule has 0 radical (unpaired) electrons. The third-order valence-corrected chi connectivity index (χ3v) is 4.05. The van der Waals surface area contributed by atoms with Crippen molar-refractivity contribution in [3.05, 3.63) is 59.9 Å². The predicted octanol–water partition coefficient (Wildman–Crippen LogP) is 3.09. The average molecular weight is 544 g/mol. The number of aliphatic imine (C=N–C) groups is 1. The first kappa shape index (κ1) is 26.5. The number of guanidine groups is 1. The lowest BCUT2D eigenvalue weighted by molar-refractivity contribution is -0.122. The third-order valence-electron chi connectivity index (χ3n) is 4.05. The fraction of sp³-hybridized carbons (Fsp3) is 0.364. The first-order valence-electron chi connectivity index (χ1n) is 9.86. The molecule has 31 heavy (non-hydrogen) atoms. The number of halogens is 2. The maximum absolute atomic E-state index is 13.7. The molecule has 170 valence electrons. The number of benzene rings is 2. The summed E-state index contributed by atoms with van der Waals surface area (Å²) in [6.07, 6.45) is -0.258. The van der Waals surface area contributed by atoms with E-state index >= 15 is 0 Å².